The van der Waals surface area contributed by atoms with Crippen LogP contribution in [0.5, 0.6) is 0 Å². The van der Waals surface area contributed by atoms with Crippen molar-refractivity contribution in [3.8, 4) is 22.4 Å². The molecule has 0 unspecified atom stereocenters. The molecule has 3 saturated heterocycles. The van der Waals surface area contributed by atoms with E-state index in [1.807, 2.05) is 35.9 Å². The van der Waals surface area contributed by atoms with Gasteiger partial charge in [-0.25, -0.2) is 19.6 Å². The Kier molecular flexibility index (Phi) is 11.8. The number of fused-ring (bicyclic) bond motifs is 4. The average Bonchev–Trinajstić information content (AvgIpc) is 4.16. The molecule has 328 valence electrons. The monoisotopic (exact) mass is 854 g/mol. The molecule has 15 nitrogen and oxygen atoms in total. The zero-order valence-electron chi connectivity index (χ0n) is 36.1. The van der Waals surface area contributed by atoms with Gasteiger partial charge in [0.05, 0.1) is 49.2 Å². The van der Waals surface area contributed by atoms with Crippen molar-refractivity contribution in [2.24, 2.45) is 11.8 Å². The van der Waals surface area contributed by atoms with E-state index in [-0.39, 0.29) is 35.7 Å². The summed E-state index contributed by atoms with van der Waals surface area (Å²) >= 11 is 0. The quantitative estimate of drug-likeness (QED) is 0.107. The van der Waals surface area contributed by atoms with Crippen molar-refractivity contribution in [1.82, 2.24) is 40.4 Å². The number of nitrogens with one attached hydrogen (secondary N) is 4. The first-order chi connectivity index (χ1) is 30.6. The fraction of sp³-hybridized carbons (Fsp3) is 0.417. The molecule has 0 radical (unpaired) electrons. The minimum Gasteiger partial charge on any atom is -0.453 e. The molecular formula is C48H54N8O7. The fourth-order valence-corrected chi connectivity index (χ4v) is 9.71. The second-order valence-electron chi connectivity index (χ2n) is 17.3. The van der Waals surface area contributed by atoms with Crippen molar-refractivity contribution in [2.45, 2.75) is 76.5 Å². The van der Waals surface area contributed by atoms with Crippen LogP contribution in [0.2, 0.25) is 0 Å². The molecule has 4 aromatic carbocycles. The van der Waals surface area contributed by atoms with Gasteiger partial charge >= 0.3 is 12.2 Å². The van der Waals surface area contributed by atoms with Crippen molar-refractivity contribution >= 4 is 56.6 Å². The fourth-order valence-electron chi connectivity index (χ4n) is 9.71. The van der Waals surface area contributed by atoms with Crippen molar-refractivity contribution < 1.29 is 33.4 Å². The minimum atomic E-state index is -0.696. The van der Waals surface area contributed by atoms with Crippen LogP contribution in [-0.4, -0.2) is 106 Å². The number of hydrogen-bond acceptors (Lipinski definition) is 9. The van der Waals surface area contributed by atoms with Crippen molar-refractivity contribution in [2.75, 3.05) is 40.5 Å². The highest BCUT2D eigenvalue weighted by Crippen LogP contribution is 2.37. The van der Waals surface area contributed by atoms with Crippen LogP contribution < -0.4 is 10.6 Å². The van der Waals surface area contributed by atoms with Gasteiger partial charge < -0.3 is 44.6 Å². The van der Waals surface area contributed by atoms with Crippen LogP contribution in [0.15, 0.2) is 72.9 Å². The maximum absolute atomic E-state index is 14.0. The van der Waals surface area contributed by atoms with Gasteiger partial charge in [0, 0.05) is 37.3 Å². The van der Waals surface area contributed by atoms with E-state index in [1.165, 1.54) is 14.2 Å². The summed E-state index contributed by atoms with van der Waals surface area (Å²) in [5, 5.41) is 9.82. The summed E-state index contributed by atoms with van der Waals surface area (Å²) in [6, 6.07) is 21.6. The first-order valence-corrected chi connectivity index (χ1v) is 22.0. The molecule has 4 amide bonds. The molecule has 2 aromatic heterocycles. The number of nitrogens with zero attached hydrogens (tertiary/aromatic N) is 4. The van der Waals surface area contributed by atoms with Crippen LogP contribution in [0.25, 0.3) is 55.0 Å². The highest BCUT2D eigenvalue weighted by Gasteiger charge is 2.41. The largest absolute Gasteiger partial charge is 0.453 e. The van der Waals surface area contributed by atoms with E-state index in [1.54, 1.807) is 0 Å². The summed E-state index contributed by atoms with van der Waals surface area (Å²) < 4.78 is 15.2. The van der Waals surface area contributed by atoms with Gasteiger partial charge in [-0.2, -0.15) is 0 Å². The average molecular weight is 855 g/mol. The number of aromatic nitrogens is 4. The van der Waals surface area contributed by atoms with E-state index < -0.39 is 24.3 Å². The summed E-state index contributed by atoms with van der Waals surface area (Å²) in [6.45, 7) is 6.12. The summed E-state index contributed by atoms with van der Waals surface area (Å²) in [5.74, 6) is 1.09. The normalized spacial score (nSPS) is 19.2. The molecule has 5 heterocycles. The first kappa shape index (κ1) is 41.9. The molecular weight excluding hydrogens is 801 g/mol. The van der Waals surface area contributed by atoms with Gasteiger partial charge in [-0.05, 0) is 102 Å². The van der Waals surface area contributed by atoms with Gasteiger partial charge in [-0.3, -0.25) is 9.59 Å². The molecule has 4 atom stereocenters. The summed E-state index contributed by atoms with van der Waals surface area (Å²) in [4.78, 5) is 72.7. The molecule has 3 fully saturated rings. The number of imidazole rings is 2. The number of ether oxygens (including phenoxy) is 3. The summed E-state index contributed by atoms with van der Waals surface area (Å²) in [7, 11) is 2.61. The number of benzene rings is 4. The number of likely N-dealkylation sites (tertiary alicyclic amines) is 2. The lowest BCUT2D eigenvalue weighted by Gasteiger charge is -2.34. The predicted molar refractivity (Wildman–Crippen MR) is 239 cm³/mol. The van der Waals surface area contributed by atoms with E-state index in [0.717, 1.165) is 92.3 Å². The number of alkyl carbamates (subject to hydrolysis) is 2. The molecule has 9 rings (SSSR count). The standard InChI is InChI=1S/C48H54N8O7/c1-27(2)40(53-47(59)61-3)45(57)56-20-6-8-39(56)44-50-36-16-14-33-24-32(13-15-35(33)42(36)52-44)29-9-10-31-25-34(12-11-30(31)23-29)37-26-49-43(51-37)38-7-5-19-55(38)46(58)41(54-48(60)62-4)28-17-21-63-22-18-28/h9-16,23-28,38-41H,5-8,17-22H2,1-4H3,(H,49,51)(H,50,52)(H,53,59)(H,54,60)/t38-,39-,40-,41-/m0/s1. The van der Waals surface area contributed by atoms with E-state index in [0.29, 0.717) is 39.1 Å². The van der Waals surface area contributed by atoms with Gasteiger partial charge in [-0.15, -0.1) is 0 Å². The van der Waals surface area contributed by atoms with Crippen LogP contribution in [-0.2, 0) is 23.8 Å². The van der Waals surface area contributed by atoms with Crippen molar-refractivity contribution in [1.29, 1.82) is 0 Å². The smallest absolute Gasteiger partial charge is 0.407 e. The third-order valence-electron chi connectivity index (χ3n) is 13.1. The number of methoxy groups -OCH3 is 2. The third kappa shape index (κ3) is 8.29. The second kappa shape index (κ2) is 17.7. The molecule has 6 aromatic rings. The maximum atomic E-state index is 14.0. The highest BCUT2D eigenvalue weighted by molar-refractivity contribution is 6.06. The molecule has 0 bridgehead atoms. The van der Waals surface area contributed by atoms with Crippen molar-refractivity contribution in [3.05, 3.63) is 84.6 Å². The van der Waals surface area contributed by atoms with E-state index >= 15 is 0 Å². The number of carbonyl (C=O) groups is 4. The predicted octanol–water partition coefficient (Wildman–Crippen LogP) is 7.79. The van der Waals surface area contributed by atoms with Crippen LogP contribution in [0.1, 0.15) is 76.1 Å². The molecule has 3 aliphatic rings. The number of rotatable bonds is 10. The Hall–Kier alpha value is -6.48. The van der Waals surface area contributed by atoms with E-state index in [9.17, 15) is 19.2 Å². The number of carbonyl (C=O) groups excluding carboxylic acids is 4. The first-order valence-electron chi connectivity index (χ1n) is 22.0. The van der Waals surface area contributed by atoms with Crippen LogP contribution >= 0.6 is 0 Å². The number of H-pyrrole nitrogens is 2. The third-order valence-corrected chi connectivity index (χ3v) is 13.1. The van der Waals surface area contributed by atoms with Gasteiger partial charge in [0.2, 0.25) is 11.8 Å². The van der Waals surface area contributed by atoms with E-state index in [4.69, 9.17) is 24.2 Å². The van der Waals surface area contributed by atoms with Crippen LogP contribution in [0.4, 0.5) is 9.59 Å². The SMILES string of the molecule is COC(=O)N[C@H](C(=O)N1CCC[C@H]1c1nc2c(ccc3cc(-c4ccc5cc(-c6cnc([C@@H]7CCCN7C(=O)[C@@H](NC(=O)OC)C7CCOCC7)[nH]6)ccc5c4)ccc32)[nH]1)C(C)C. The number of amides is 4. The topological polar surface area (TPSA) is 184 Å². The maximum Gasteiger partial charge on any atom is 0.407 e. The molecule has 15 heteroatoms. The van der Waals surface area contributed by atoms with E-state index in [2.05, 4.69) is 81.3 Å². The van der Waals surface area contributed by atoms with Crippen LogP contribution in [0, 0.1) is 11.8 Å². The Bertz CT molecular complexity index is 2690. The highest BCUT2D eigenvalue weighted by atomic mass is 16.5. The lowest BCUT2D eigenvalue weighted by molar-refractivity contribution is -0.137. The summed E-state index contributed by atoms with van der Waals surface area (Å²) in [5.41, 5.74) is 5.81. The minimum absolute atomic E-state index is 0.0295. The van der Waals surface area contributed by atoms with Gasteiger partial charge in [0.25, 0.3) is 0 Å². The number of aromatic amines is 2. The Balaban J connectivity index is 0.916. The molecule has 63 heavy (non-hydrogen) atoms. The summed E-state index contributed by atoms with van der Waals surface area (Å²) in [6.07, 6.45) is 5.23. The number of hydrogen-bond donors (Lipinski definition) is 4. The molecule has 3 aliphatic heterocycles. The van der Waals surface area contributed by atoms with Crippen LogP contribution in [0.3, 0.4) is 0 Å². The lowest BCUT2D eigenvalue weighted by Crippen LogP contribution is -2.53. The van der Waals surface area contributed by atoms with Gasteiger partial charge in [0.15, 0.2) is 0 Å². The molecule has 0 aliphatic carbocycles. The Labute approximate surface area is 365 Å². The zero-order valence-corrected chi connectivity index (χ0v) is 36.1. The Morgan fingerprint density at radius 2 is 1.32 bits per heavy atom. The van der Waals surface area contributed by atoms with Gasteiger partial charge in [0.1, 0.15) is 23.7 Å². The molecule has 0 saturated carbocycles. The van der Waals surface area contributed by atoms with Gasteiger partial charge in [-0.1, -0.05) is 56.3 Å². The van der Waals surface area contributed by atoms with Crippen molar-refractivity contribution in [3.63, 3.8) is 0 Å². The Morgan fingerprint density at radius 3 is 2.02 bits per heavy atom. The molecule has 4 N–H and O–H groups in total. The lowest BCUT2D eigenvalue weighted by atomic mass is 9.90. The second-order valence-corrected chi connectivity index (χ2v) is 17.3. The molecule has 0 spiro atoms. The zero-order chi connectivity index (χ0) is 43.8. The Morgan fingerprint density at radius 1 is 0.714 bits per heavy atom.